The molecule has 0 radical (unpaired) electrons. The molecule has 0 heterocycles. The zero-order valence-electron chi connectivity index (χ0n) is 10.7. The van der Waals surface area contributed by atoms with Gasteiger partial charge in [0.15, 0.2) is 0 Å². The minimum atomic E-state index is 0.500. The van der Waals surface area contributed by atoms with Crippen LogP contribution in [0.4, 0.5) is 0 Å². The van der Waals surface area contributed by atoms with Crippen LogP contribution in [0.25, 0.3) is 21.6 Å². The SMILES string of the molecule is C=CC.C=CCC.[N-]=C=O.[N-]=C=O.[N-]=C=O.[N-]=C=O. The van der Waals surface area contributed by atoms with E-state index in [0.717, 1.165) is 6.42 Å². The first-order chi connectivity index (χ1) is 8.99. The molecule has 8 heteroatoms. The van der Waals surface area contributed by atoms with E-state index in [1.54, 1.807) is 6.08 Å². The second-order valence-corrected chi connectivity index (χ2v) is 1.47. The highest BCUT2D eigenvalue weighted by Crippen LogP contribution is 1.66. The van der Waals surface area contributed by atoms with Crippen molar-refractivity contribution in [1.29, 1.82) is 0 Å². The fraction of sp³-hybridized carbons (Fsp3) is 0.273. The standard InChI is InChI=1S/C4H8.C3H6.4CNO/c1-3-4-2;1-3-2;4*2-1-3/h3H,1,4H2,2H3;3H,1H2,2H3;;;;/q;;4*-1. The number of nitrogens with zero attached hydrogens (tertiary/aromatic N) is 4. The minimum absolute atomic E-state index is 0.500. The summed E-state index contributed by atoms with van der Waals surface area (Å²) in [6, 6.07) is 0. The Morgan fingerprint density at radius 1 is 0.842 bits per heavy atom. The van der Waals surface area contributed by atoms with Crippen molar-refractivity contribution in [3.63, 3.8) is 0 Å². The third-order valence-electron chi connectivity index (χ3n) is 0.289. The van der Waals surface area contributed by atoms with Gasteiger partial charge in [-0.15, -0.1) is 13.2 Å². The van der Waals surface area contributed by atoms with Crippen LogP contribution in [0.15, 0.2) is 25.3 Å². The van der Waals surface area contributed by atoms with Gasteiger partial charge in [0.05, 0.1) is 0 Å². The summed E-state index contributed by atoms with van der Waals surface area (Å²) >= 11 is 0. The largest absolute Gasteiger partial charge is 0.724 e. The fourth-order valence-corrected chi connectivity index (χ4v) is 0. The zero-order valence-corrected chi connectivity index (χ0v) is 10.7. The lowest BCUT2D eigenvalue weighted by atomic mass is 10.5. The maximum absolute atomic E-state index is 8.24. The van der Waals surface area contributed by atoms with Crippen LogP contribution in [0.3, 0.4) is 0 Å². The summed E-state index contributed by atoms with van der Waals surface area (Å²) in [6.07, 6.45) is 6.71. The molecule has 0 aromatic rings. The Morgan fingerprint density at radius 3 is 0.895 bits per heavy atom. The topological polar surface area (TPSA) is 157 Å². The van der Waals surface area contributed by atoms with Crippen molar-refractivity contribution < 1.29 is 19.2 Å². The van der Waals surface area contributed by atoms with Gasteiger partial charge in [-0.05, 0) is 37.7 Å². The quantitative estimate of drug-likeness (QED) is 0.405. The average Bonchev–Trinajstić information content (AvgIpc) is 2.34. The molecule has 0 bridgehead atoms. The Labute approximate surface area is 111 Å². The van der Waals surface area contributed by atoms with Gasteiger partial charge in [0.25, 0.3) is 0 Å². The minimum Gasteiger partial charge on any atom is -0.724 e. The molecule has 0 unspecified atom stereocenters. The van der Waals surface area contributed by atoms with E-state index >= 15 is 0 Å². The molecule has 0 aliphatic rings. The molecule has 0 amide bonds. The van der Waals surface area contributed by atoms with E-state index in [9.17, 15) is 0 Å². The first kappa shape index (κ1) is 36.0. The molecule has 0 spiro atoms. The van der Waals surface area contributed by atoms with Gasteiger partial charge in [-0.2, -0.15) is 0 Å². The van der Waals surface area contributed by atoms with E-state index in [2.05, 4.69) is 20.1 Å². The van der Waals surface area contributed by atoms with Crippen molar-refractivity contribution in [2.24, 2.45) is 0 Å². The monoisotopic (exact) mass is 266 g/mol. The van der Waals surface area contributed by atoms with Gasteiger partial charge in [-0.3, -0.25) is 19.2 Å². The second-order valence-electron chi connectivity index (χ2n) is 1.47. The first-order valence-electron chi connectivity index (χ1n) is 4.22. The third-order valence-corrected chi connectivity index (χ3v) is 0.289. The smallest absolute Gasteiger partial charge is 0.0159 e. The van der Waals surface area contributed by atoms with Gasteiger partial charge >= 0.3 is 0 Å². The van der Waals surface area contributed by atoms with Crippen LogP contribution in [0, 0.1) is 0 Å². The Morgan fingerprint density at radius 2 is 0.895 bits per heavy atom. The molecule has 0 atom stereocenters. The predicted molar refractivity (Wildman–Crippen MR) is 72.6 cm³/mol. The number of hydrogen-bond donors (Lipinski definition) is 0. The summed E-state index contributed by atoms with van der Waals surface area (Å²) in [4.78, 5) is 32.9. The highest BCUT2D eigenvalue weighted by Gasteiger charge is 1.45. The van der Waals surface area contributed by atoms with E-state index in [4.69, 9.17) is 40.8 Å². The van der Waals surface area contributed by atoms with Crippen molar-refractivity contribution in [2.75, 3.05) is 0 Å². The van der Waals surface area contributed by atoms with E-state index < -0.39 is 0 Å². The van der Waals surface area contributed by atoms with Crippen LogP contribution >= 0.6 is 0 Å². The molecular weight excluding hydrogens is 252 g/mol. The number of carbonyl (C=O) groups excluding carboxylic acids is 4. The van der Waals surface area contributed by atoms with E-state index in [-0.39, 0.29) is 0 Å². The van der Waals surface area contributed by atoms with Gasteiger partial charge in [0.2, 0.25) is 0 Å². The molecule has 0 aromatic heterocycles. The van der Waals surface area contributed by atoms with Crippen molar-refractivity contribution in [3.8, 4) is 0 Å². The number of allylic oxidation sites excluding steroid dienone is 2. The summed E-state index contributed by atoms with van der Waals surface area (Å²) in [6.45, 7) is 10.8. The van der Waals surface area contributed by atoms with Crippen molar-refractivity contribution in [1.82, 2.24) is 0 Å². The van der Waals surface area contributed by atoms with Crippen molar-refractivity contribution in [2.45, 2.75) is 20.3 Å². The van der Waals surface area contributed by atoms with Crippen LogP contribution in [-0.4, -0.2) is 24.3 Å². The molecule has 0 N–H and O–H groups in total. The maximum Gasteiger partial charge on any atom is -0.0159 e. The lowest BCUT2D eigenvalue weighted by Gasteiger charge is -1.57. The summed E-state index contributed by atoms with van der Waals surface area (Å²) in [5.41, 5.74) is 0. The molecular formula is C11H14N4O4-4. The molecule has 19 heavy (non-hydrogen) atoms. The van der Waals surface area contributed by atoms with E-state index in [1.807, 2.05) is 13.0 Å². The molecule has 0 aromatic carbocycles. The first-order valence-corrected chi connectivity index (χ1v) is 4.22. The number of hydrogen-bond acceptors (Lipinski definition) is 4. The predicted octanol–water partition coefficient (Wildman–Crippen LogP) is 2.34. The van der Waals surface area contributed by atoms with E-state index in [1.165, 1.54) is 0 Å². The Bertz CT molecular complexity index is 242. The fourth-order valence-electron chi connectivity index (χ4n) is 0. The van der Waals surface area contributed by atoms with Crippen LogP contribution < -0.4 is 0 Å². The van der Waals surface area contributed by atoms with Gasteiger partial charge in [-0.1, -0.05) is 19.1 Å². The maximum atomic E-state index is 8.24. The van der Waals surface area contributed by atoms with Crippen molar-refractivity contribution in [3.05, 3.63) is 46.9 Å². The Balaban J connectivity index is -0.0000000268. The highest BCUT2D eigenvalue weighted by atomic mass is 16.1. The number of isocyanates is 4. The normalized spacial score (nSPS) is 3.68. The summed E-state index contributed by atoms with van der Waals surface area (Å²) in [5.74, 6) is 0. The van der Waals surface area contributed by atoms with Gasteiger partial charge in [-0.25, -0.2) is 0 Å². The third kappa shape index (κ3) is 634. The summed E-state index contributed by atoms with van der Waals surface area (Å²) in [7, 11) is 0. The van der Waals surface area contributed by atoms with E-state index in [0.29, 0.717) is 24.3 Å². The molecule has 0 aliphatic heterocycles. The lowest BCUT2D eigenvalue weighted by molar-refractivity contribution is 0.568. The molecule has 106 valence electrons. The Hall–Kier alpha value is -3.00. The second kappa shape index (κ2) is 184. The molecule has 0 fully saturated rings. The van der Waals surface area contributed by atoms with Gasteiger partial charge < -0.3 is 21.6 Å². The average molecular weight is 266 g/mol. The molecule has 0 saturated heterocycles. The molecule has 0 aliphatic carbocycles. The summed E-state index contributed by atoms with van der Waals surface area (Å²) < 4.78 is 0. The van der Waals surface area contributed by atoms with Crippen LogP contribution in [0.5, 0.6) is 0 Å². The summed E-state index contributed by atoms with van der Waals surface area (Å²) in [5, 5.41) is 27.1. The highest BCUT2D eigenvalue weighted by molar-refractivity contribution is 5.37. The molecule has 8 nitrogen and oxygen atoms in total. The number of rotatable bonds is 1. The van der Waals surface area contributed by atoms with Crippen LogP contribution in [0.1, 0.15) is 20.3 Å². The Kier molecular flexibility index (Phi) is 348. The van der Waals surface area contributed by atoms with Gasteiger partial charge in [0.1, 0.15) is 0 Å². The van der Waals surface area contributed by atoms with Crippen molar-refractivity contribution >= 4 is 24.3 Å². The molecule has 0 rings (SSSR count). The van der Waals surface area contributed by atoms with Gasteiger partial charge in [0, 0.05) is 0 Å². The zero-order chi connectivity index (χ0) is 16.9. The lowest BCUT2D eigenvalue weighted by Crippen LogP contribution is -1.36. The van der Waals surface area contributed by atoms with Crippen LogP contribution in [0.2, 0.25) is 0 Å². The molecule has 0 saturated carbocycles. The van der Waals surface area contributed by atoms with Crippen LogP contribution in [-0.2, 0) is 19.2 Å².